The number of nitrogens with zero attached hydrogens (tertiary/aromatic N) is 2. The Hall–Kier alpha value is -0.770. The molecule has 0 bridgehead atoms. The van der Waals surface area contributed by atoms with Crippen LogP contribution in [0.25, 0.3) is 0 Å². The predicted molar refractivity (Wildman–Crippen MR) is 55.3 cm³/mol. The summed E-state index contributed by atoms with van der Waals surface area (Å²) in [4.78, 5) is 15.4. The van der Waals surface area contributed by atoms with Gasteiger partial charge in [-0.15, -0.1) is 0 Å². The van der Waals surface area contributed by atoms with Gasteiger partial charge >= 0.3 is 6.09 Å². The van der Waals surface area contributed by atoms with Gasteiger partial charge in [-0.05, 0) is 27.8 Å². The lowest BCUT2D eigenvalue weighted by Crippen LogP contribution is -2.58. The van der Waals surface area contributed by atoms with Crippen LogP contribution in [-0.4, -0.2) is 54.7 Å². The molecule has 1 amide bonds. The summed E-state index contributed by atoms with van der Waals surface area (Å²) >= 11 is 0. The summed E-state index contributed by atoms with van der Waals surface area (Å²) in [6.07, 6.45) is -0.226. The van der Waals surface area contributed by atoms with Gasteiger partial charge in [0, 0.05) is 20.1 Å². The third kappa shape index (κ3) is 2.87. The first-order valence-electron chi connectivity index (χ1n) is 4.94. The lowest BCUT2D eigenvalue weighted by molar-refractivity contribution is 0.00146. The van der Waals surface area contributed by atoms with E-state index in [1.165, 1.54) is 0 Å². The normalized spacial score (nSPS) is 18.9. The summed E-state index contributed by atoms with van der Waals surface area (Å²) in [7, 11) is 3.84. The molecule has 1 heterocycles. The van der Waals surface area contributed by atoms with Crippen molar-refractivity contribution in [3.05, 3.63) is 0 Å². The van der Waals surface area contributed by atoms with Gasteiger partial charge in [-0.2, -0.15) is 0 Å². The van der Waals surface area contributed by atoms with Gasteiger partial charge < -0.3 is 14.5 Å². The summed E-state index contributed by atoms with van der Waals surface area (Å²) in [5, 5.41) is 0. The molecule has 0 spiro atoms. The van der Waals surface area contributed by atoms with Gasteiger partial charge in [0.2, 0.25) is 0 Å². The standard InChI is InChI=1S/C10H20N2O2/c1-10(2,3)14-9(13)12(5)8-6-11(4)7-8/h8H,6-7H2,1-5H3. The Morgan fingerprint density at radius 1 is 1.43 bits per heavy atom. The van der Waals surface area contributed by atoms with Crippen molar-refractivity contribution in [1.29, 1.82) is 0 Å². The number of likely N-dealkylation sites (N-methyl/N-ethyl adjacent to an activating group) is 2. The van der Waals surface area contributed by atoms with Crippen LogP contribution in [0.4, 0.5) is 4.79 Å². The van der Waals surface area contributed by atoms with Crippen molar-refractivity contribution in [2.75, 3.05) is 27.2 Å². The highest BCUT2D eigenvalue weighted by Gasteiger charge is 2.32. The van der Waals surface area contributed by atoms with E-state index >= 15 is 0 Å². The highest BCUT2D eigenvalue weighted by Crippen LogP contribution is 2.15. The lowest BCUT2D eigenvalue weighted by Gasteiger charge is -2.41. The maximum absolute atomic E-state index is 11.6. The fourth-order valence-corrected chi connectivity index (χ4v) is 1.39. The van der Waals surface area contributed by atoms with Crippen LogP contribution in [-0.2, 0) is 4.74 Å². The topological polar surface area (TPSA) is 32.8 Å². The SMILES string of the molecule is CN1CC(N(C)C(=O)OC(C)(C)C)C1. The summed E-state index contributed by atoms with van der Waals surface area (Å²) in [5.74, 6) is 0. The fraction of sp³-hybridized carbons (Fsp3) is 0.900. The van der Waals surface area contributed by atoms with Crippen LogP contribution < -0.4 is 0 Å². The van der Waals surface area contributed by atoms with E-state index in [-0.39, 0.29) is 6.09 Å². The van der Waals surface area contributed by atoms with Crippen LogP contribution in [0, 0.1) is 0 Å². The van der Waals surface area contributed by atoms with E-state index in [4.69, 9.17) is 4.74 Å². The minimum atomic E-state index is -0.402. The molecule has 0 atom stereocenters. The lowest BCUT2D eigenvalue weighted by atomic mass is 10.1. The highest BCUT2D eigenvalue weighted by molar-refractivity contribution is 5.68. The molecule has 0 aromatic carbocycles. The van der Waals surface area contributed by atoms with Crippen LogP contribution in [0.2, 0.25) is 0 Å². The van der Waals surface area contributed by atoms with E-state index in [9.17, 15) is 4.79 Å². The van der Waals surface area contributed by atoms with E-state index in [1.54, 1.807) is 11.9 Å². The molecule has 1 aliphatic rings. The quantitative estimate of drug-likeness (QED) is 0.637. The monoisotopic (exact) mass is 200 g/mol. The van der Waals surface area contributed by atoms with E-state index < -0.39 is 5.60 Å². The second-order valence-corrected chi connectivity index (χ2v) is 4.97. The molecule has 4 heteroatoms. The van der Waals surface area contributed by atoms with E-state index in [1.807, 2.05) is 27.8 Å². The van der Waals surface area contributed by atoms with E-state index in [2.05, 4.69) is 4.90 Å². The van der Waals surface area contributed by atoms with Crippen molar-refractivity contribution >= 4 is 6.09 Å². The molecule has 0 aliphatic carbocycles. The van der Waals surface area contributed by atoms with Crippen molar-refractivity contribution in [2.24, 2.45) is 0 Å². The molecular weight excluding hydrogens is 180 g/mol. The number of carbonyl (C=O) groups excluding carboxylic acids is 1. The van der Waals surface area contributed by atoms with Crippen LogP contribution in [0.5, 0.6) is 0 Å². The number of likely N-dealkylation sites (tertiary alicyclic amines) is 1. The molecule has 14 heavy (non-hydrogen) atoms. The van der Waals surface area contributed by atoms with Gasteiger partial charge in [0.25, 0.3) is 0 Å². The van der Waals surface area contributed by atoms with Gasteiger partial charge in [0.05, 0.1) is 6.04 Å². The molecule has 82 valence electrons. The van der Waals surface area contributed by atoms with Crippen LogP contribution >= 0.6 is 0 Å². The zero-order valence-electron chi connectivity index (χ0n) is 9.70. The highest BCUT2D eigenvalue weighted by atomic mass is 16.6. The molecule has 1 fully saturated rings. The van der Waals surface area contributed by atoms with Crippen molar-refractivity contribution < 1.29 is 9.53 Å². The smallest absolute Gasteiger partial charge is 0.410 e. The fourth-order valence-electron chi connectivity index (χ4n) is 1.39. The third-order valence-electron chi connectivity index (χ3n) is 2.27. The molecule has 0 aromatic rings. The summed E-state index contributed by atoms with van der Waals surface area (Å²) in [6, 6.07) is 0.315. The first-order valence-corrected chi connectivity index (χ1v) is 4.94. The van der Waals surface area contributed by atoms with Crippen LogP contribution in [0.1, 0.15) is 20.8 Å². The number of ether oxygens (including phenoxy) is 1. The van der Waals surface area contributed by atoms with Crippen molar-refractivity contribution in [2.45, 2.75) is 32.4 Å². The Kier molecular flexibility index (Phi) is 3.04. The zero-order valence-corrected chi connectivity index (χ0v) is 9.70. The summed E-state index contributed by atoms with van der Waals surface area (Å²) in [5.41, 5.74) is -0.402. The van der Waals surface area contributed by atoms with E-state index in [0.29, 0.717) is 6.04 Å². The van der Waals surface area contributed by atoms with Gasteiger partial charge in [0.1, 0.15) is 5.60 Å². The molecule has 0 N–H and O–H groups in total. The minimum absolute atomic E-state index is 0.226. The molecular formula is C10H20N2O2. The molecule has 0 saturated carbocycles. The molecule has 1 rings (SSSR count). The van der Waals surface area contributed by atoms with Crippen molar-refractivity contribution in [3.8, 4) is 0 Å². The number of amides is 1. The molecule has 1 aliphatic heterocycles. The third-order valence-corrected chi connectivity index (χ3v) is 2.27. The summed E-state index contributed by atoms with van der Waals surface area (Å²) in [6.45, 7) is 7.52. The maximum atomic E-state index is 11.6. The number of rotatable bonds is 1. The summed E-state index contributed by atoms with van der Waals surface area (Å²) < 4.78 is 5.26. The predicted octanol–water partition coefficient (Wildman–Crippen LogP) is 1.17. The Morgan fingerprint density at radius 2 is 1.93 bits per heavy atom. The van der Waals surface area contributed by atoms with Gasteiger partial charge in [0.15, 0.2) is 0 Å². The second-order valence-electron chi connectivity index (χ2n) is 4.97. The first-order chi connectivity index (χ1) is 6.29. The zero-order chi connectivity index (χ0) is 10.9. The first kappa shape index (κ1) is 11.3. The van der Waals surface area contributed by atoms with Crippen LogP contribution in [0.15, 0.2) is 0 Å². The second kappa shape index (κ2) is 3.77. The van der Waals surface area contributed by atoms with Crippen molar-refractivity contribution in [1.82, 2.24) is 9.80 Å². The Bertz CT molecular complexity index is 217. The Balaban J connectivity index is 2.38. The van der Waals surface area contributed by atoms with Gasteiger partial charge in [-0.1, -0.05) is 0 Å². The Morgan fingerprint density at radius 3 is 2.29 bits per heavy atom. The number of hydrogen-bond donors (Lipinski definition) is 0. The van der Waals surface area contributed by atoms with Gasteiger partial charge in [-0.25, -0.2) is 4.79 Å². The van der Waals surface area contributed by atoms with Crippen LogP contribution in [0.3, 0.4) is 0 Å². The number of carbonyl (C=O) groups is 1. The molecule has 0 aromatic heterocycles. The average Bonchev–Trinajstić information content (AvgIpc) is 1.94. The average molecular weight is 200 g/mol. The maximum Gasteiger partial charge on any atom is 0.410 e. The largest absolute Gasteiger partial charge is 0.444 e. The molecule has 0 radical (unpaired) electrons. The molecule has 4 nitrogen and oxygen atoms in total. The van der Waals surface area contributed by atoms with E-state index in [0.717, 1.165) is 13.1 Å². The van der Waals surface area contributed by atoms with Gasteiger partial charge in [-0.3, -0.25) is 0 Å². The molecule has 0 unspecified atom stereocenters. The minimum Gasteiger partial charge on any atom is -0.444 e. The molecule has 1 saturated heterocycles. The van der Waals surface area contributed by atoms with Crippen molar-refractivity contribution in [3.63, 3.8) is 0 Å². The number of hydrogen-bond acceptors (Lipinski definition) is 3. The Labute approximate surface area is 85.8 Å².